The van der Waals surface area contributed by atoms with Gasteiger partial charge in [0.15, 0.2) is 0 Å². The predicted octanol–water partition coefficient (Wildman–Crippen LogP) is 0.407. The molecule has 0 aromatic rings. The molecule has 3 atom stereocenters. The topological polar surface area (TPSA) is 64.3 Å². The van der Waals surface area contributed by atoms with E-state index < -0.39 is 0 Å². The summed E-state index contributed by atoms with van der Waals surface area (Å²) in [5.41, 5.74) is 5.85. The summed E-state index contributed by atoms with van der Waals surface area (Å²) in [7, 11) is 1.41. The largest absolute Gasteiger partial charge is 0.468 e. The number of nitrogens with one attached hydrogen (secondary N) is 1. The molecule has 0 amide bonds. The third-order valence-corrected chi connectivity index (χ3v) is 2.76. The summed E-state index contributed by atoms with van der Waals surface area (Å²) >= 11 is 0. The second-order valence-electron chi connectivity index (χ2n) is 4.04. The van der Waals surface area contributed by atoms with Crippen molar-refractivity contribution in [3.8, 4) is 0 Å². The lowest BCUT2D eigenvalue weighted by Gasteiger charge is -2.29. The Labute approximate surface area is 85.2 Å². The van der Waals surface area contributed by atoms with Crippen molar-refractivity contribution in [1.82, 2.24) is 5.32 Å². The van der Waals surface area contributed by atoms with Crippen molar-refractivity contribution in [1.29, 1.82) is 0 Å². The molecule has 0 saturated heterocycles. The maximum Gasteiger partial charge on any atom is 0.322 e. The van der Waals surface area contributed by atoms with Gasteiger partial charge in [-0.05, 0) is 26.2 Å². The van der Waals surface area contributed by atoms with Gasteiger partial charge in [-0.3, -0.25) is 4.79 Å². The average Bonchev–Trinajstić information content (AvgIpc) is 2.16. The molecule has 1 fully saturated rings. The fourth-order valence-corrected chi connectivity index (χ4v) is 1.98. The van der Waals surface area contributed by atoms with Crippen LogP contribution >= 0.6 is 0 Å². The maximum absolute atomic E-state index is 11.2. The standard InChI is InChI=1S/C10H20N2O2/c1-7(10(13)14-2)12-9-5-3-4-8(11)6-9/h7-9,12H,3-6,11H2,1-2H3. The molecular formula is C10H20N2O2. The highest BCUT2D eigenvalue weighted by Gasteiger charge is 2.23. The van der Waals surface area contributed by atoms with Crippen LogP contribution in [0.25, 0.3) is 0 Å². The van der Waals surface area contributed by atoms with E-state index in [1.54, 1.807) is 0 Å². The third kappa shape index (κ3) is 3.27. The van der Waals surface area contributed by atoms with Crippen molar-refractivity contribution < 1.29 is 9.53 Å². The number of carbonyl (C=O) groups is 1. The van der Waals surface area contributed by atoms with Gasteiger partial charge in [-0.15, -0.1) is 0 Å². The summed E-state index contributed by atoms with van der Waals surface area (Å²) in [5, 5.41) is 3.25. The highest BCUT2D eigenvalue weighted by Crippen LogP contribution is 2.17. The molecule has 0 aliphatic heterocycles. The molecular weight excluding hydrogens is 180 g/mol. The fraction of sp³-hybridized carbons (Fsp3) is 0.900. The van der Waals surface area contributed by atoms with Crippen LogP contribution in [0.15, 0.2) is 0 Å². The zero-order valence-electron chi connectivity index (χ0n) is 8.95. The lowest BCUT2D eigenvalue weighted by atomic mass is 9.91. The van der Waals surface area contributed by atoms with Gasteiger partial charge in [0.1, 0.15) is 6.04 Å². The Hall–Kier alpha value is -0.610. The van der Waals surface area contributed by atoms with Crippen LogP contribution in [0.1, 0.15) is 32.6 Å². The number of ether oxygens (including phenoxy) is 1. The van der Waals surface area contributed by atoms with E-state index in [9.17, 15) is 4.79 Å². The molecule has 4 nitrogen and oxygen atoms in total. The summed E-state index contributed by atoms with van der Waals surface area (Å²) in [6, 6.07) is 0.425. The van der Waals surface area contributed by atoms with Gasteiger partial charge in [0.2, 0.25) is 0 Å². The second-order valence-corrected chi connectivity index (χ2v) is 4.04. The Morgan fingerprint density at radius 1 is 1.57 bits per heavy atom. The first-order valence-corrected chi connectivity index (χ1v) is 5.23. The summed E-state index contributed by atoms with van der Waals surface area (Å²) in [5.74, 6) is -0.204. The summed E-state index contributed by atoms with van der Waals surface area (Å²) in [4.78, 5) is 11.2. The van der Waals surface area contributed by atoms with E-state index in [1.165, 1.54) is 7.11 Å². The van der Waals surface area contributed by atoms with E-state index in [-0.39, 0.29) is 18.1 Å². The van der Waals surface area contributed by atoms with Crippen LogP contribution in [-0.4, -0.2) is 31.2 Å². The fourth-order valence-electron chi connectivity index (χ4n) is 1.98. The minimum Gasteiger partial charge on any atom is -0.468 e. The molecule has 0 bridgehead atoms. The molecule has 1 rings (SSSR count). The van der Waals surface area contributed by atoms with Crippen LogP contribution in [-0.2, 0) is 9.53 Å². The SMILES string of the molecule is COC(=O)C(C)NC1CCCC(N)C1. The first-order valence-electron chi connectivity index (χ1n) is 5.23. The molecule has 14 heavy (non-hydrogen) atoms. The minimum absolute atomic E-state index is 0.204. The van der Waals surface area contributed by atoms with Gasteiger partial charge < -0.3 is 15.8 Å². The van der Waals surface area contributed by atoms with Crippen LogP contribution in [0.2, 0.25) is 0 Å². The van der Waals surface area contributed by atoms with Gasteiger partial charge in [0.05, 0.1) is 7.11 Å². The zero-order chi connectivity index (χ0) is 10.6. The Bertz CT molecular complexity index is 197. The molecule has 0 aromatic carbocycles. The quantitative estimate of drug-likeness (QED) is 0.648. The molecule has 0 aromatic heterocycles. The Morgan fingerprint density at radius 2 is 2.29 bits per heavy atom. The summed E-state index contributed by atoms with van der Waals surface area (Å²) in [6.07, 6.45) is 4.31. The van der Waals surface area contributed by atoms with Crippen LogP contribution in [0, 0.1) is 0 Å². The van der Waals surface area contributed by atoms with Gasteiger partial charge in [-0.25, -0.2) is 0 Å². The molecule has 82 valence electrons. The van der Waals surface area contributed by atoms with Gasteiger partial charge in [-0.1, -0.05) is 6.42 Å². The van der Waals surface area contributed by atoms with Crippen molar-refractivity contribution in [2.75, 3.05) is 7.11 Å². The van der Waals surface area contributed by atoms with E-state index >= 15 is 0 Å². The van der Waals surface area contributed by atoms with Crippen molar-refractivity contribution in [3.63, 3.8) is 0 Å². The van der Waals surface area contributed by atoms with Crippen LogP contribution in [0.5, 0.6) is 0 Å². The number of rotatable bonds is 3. The van der Waals surface area contributed by atoms with E-state index in [2.05, 4.69) is 10.1 Å². The van der Waals surface area contributed by atoms with Gasteiger partial charge in [0, 0.05) is 12.1 Å². The smallest absolute Gasteiger partial charge is 0.322 e. The predicted molar refractivity (Wildman–Crippen MR) is 54.8 cm³/mol. The van der Waals surface area contributed by atoms with E-state index in [0.717, 1.165) is 25.7 Å². The number of esters is 1. The number of nitrogens with two attached hydrogens (primary N) is 1. The zero-order valence-corrected chi connectivity index (χ0v) is 8.95. The highest BCUT2D eigenvalue weighted by molar-refractivity contribution is 5.75. The van der Waals surface area contributed by atoms with Gasteiger partial charge in [0.25, 0.3) is 0 Å². The number of hydrogen-bond donors (Lipinski definition) is 2. The Morgan fingerprint density at radius 3 is 2.86 bits per heavy atom. The van der Waals surface area contributed by atoms with Crippen LogP contribution in [0.3, 0.4) is 0 Å². The molecule has 1 saturated carbocycles. The highest BCUT2D eigenvalue weighted by atomic mass is 16.5. The number of hydrogen-bond acceptors (Lipinski definition) is 4. The van der Waals surface area contributed by atoms with Gasteiger partial charge in [-0.2, -0.15) is 0 Å². The number of methoxy groups -OCH3 is 1. The molecule has 0 spiro atoms. The summed E-state index contributed by atoms with van der Waals surface area (Å²) < 4.78 is 4.65. The molecule has 0 radical (unpaired) electrons. The van der Waals surface area contributed by atoms with Crippen molar-refractivity contribution in [2.45, 2.75) is 50.7 Å². The van der Waals surface area contributed by atoms with Crippen molar-refractivity contribution >= 4 is 5.97 Å². The molecule has 1 aliphatic carbocycles. The maximum atomic E-state index is 11.2. The van der Waals surface area contributed by atoms with E-state index in [0.29, 0.717) is 6.04 Å². The van der Waals surface area contributed by atoms with Crippen LogP contribution < -0.4 is 11.1 Å². The van der Waals surface area contributed by atoms with Crippen LogP contribution in [0.4, 0.5) is 0 Å². The normalized spacial score (nSPS) is 29.6. The molecule has 0 heterocycles. The van der Waals surface area contributed by atoms with Gasteiger partial charge >= 0.3 is 5.97 Å². The molecule has 4 heteroatoms. The lowest BCUT2D eigenvalue weighted by molar-refractivity contribution is -0.142. The molecule has 3 unspecified atom stereocenters. The van der Waals surface area contributed by atoms with Crippen molar-refractivity contribution in [3.05, 3.63) is 0 Å². The van der Waals surface area contributed by atoms with E-state index in [1.807, 2.05) is 6.92 Å². The number of carbonyl (C=O) groups excluding carboxylic acids is 1. The first kappa shape index (κ1) is 11.5. The van der Waals surface area contributed by atoms with E-state index in [4.69, 9.17) is 5.73 Å². The average molecular weight is 200 g/mol. The Kier molecular flexibility index (Phi) is 4.35. The summed E-state index contributed by atoms with van der Waals surface area (Å²) in [6.45, 7) is 1.83. The second kappa shape index (κ2) is 5.32. The van der Waals surface area contributed by atoms with Crippen molar-refractivity contribution in [2.24, 2.45) is 5.73 Å². The lowest BCUT2D eigenvalue weighted by Crippen LogP contribution is -2.46. The third-order valence-electron chi connectivity index (χ3n) is 2.76. The molecule has 3 N–H and O–H groups in total. The monoisotopic (exact) mass is 200 g/mol. The first-order chi connectivity index (χ1) is 6.63. The Balaban J connectivity index is 2.32. The minimum atomic E-state index is -0.227. The molecule has 1 aliphatic rings.